The molecule has 1 radical (unpaired) electrons. The minimum Gasteiger partial charge on any atom is -0.210 e. The van der Waals surface area contributed by atoms with Crippen LogP contribution in [0.1, 0.15) is 19.3 Å². The Hall–Kier alpha value is -0.760. The minimum absolute atomic E-state index is 0.909. The molecule has 1 aliphatic heterocycles. The largest absolute Gasteiger partial charge is 0.210 e. The van der Waals surface area contributed by atoms with Gasteiger partial charge >= 0.3 is 0 Å². The fourth-order valence-electron chi connectivity index (χ4n) is 1.41. The van der Waals surface area contributed by atoms with E-state index in [1.165, 1.54) is 30.5 Å². The van der Waals surface area contributed by atoms with Gasteiger partial charge in [-0.25, -0.2) is 10.9 Å². The Morgan fingerprint density at radius 3 is 3.30 bits per heavy atom. The highest BCUT2D eigenvalue weighted by Gasteiger charge is 2.12. The van der Waals surface area contributed by atoms with E-state index in [2.05, 4.69) is 23.0 Å². The van der Waals surface area contributed by atoms with E-state index in [4.69, 9.17) is 0 Å². The van der Waals surface area contributed by atoms with Gasteiger partial charge in [0, 0.05) is 6.54 Å². The summed E-state index contributed by atoms with van der Waals surface area (Å²) in [5, 5.41) is 0. The molecule has 0 unspecified atom stereocenters. The van der Waals surface area contributed by atoms with E-state index in [0.717, 1.165) is 6.54 Å². The zero-order valence-electron chi connectivity index (χ0n) is 5.93. The number of nitrogens with zero attached hydrogens (tertiary/aromatic N) is 1. The van der Waals surface area contributed by atoms with Gasteiger partial charge in [-0.2, -0.15) is 0 Å². The lowest BCUT2D eigenvalue weighted by atomic mass is 9.98. The van der Waals surface area contributed by atoms with Crippen molar-refractivity contribution in [3.05, 3.63) is 23.4 Å². The van der Waals surface area contributed by atoms with Crippen molar-refractivity contribution in [3.63, 3.8) is 0 Å². The van der Waals surface area contributed by atoms with E-state index in [9.17, 15) is 0 Å². The van der Waals surface area contributed by atoms with Crippen LogP contribution in [0.3, 0.4) is 0 Å². The second-order valence-corrected chi connectivity index (χ2v) is 2.68. The fraction of sp³-hybridized carbons (Fsp3) is 0.500. The molecule has 0 fully saturated rings. The highest BCUT2D eigenvalue weighted by Crippen LogP contribution is 2.23. The summed E-state index contributed by atoms with van der Waals surface area (Å²) in [7, 11) is 0. The van der Waals surface area contributed by atoms with Gasteiger partial charge in [0.25, 0.3) is 0 Å². The second kappa shape index (κ2) is 2.46. The fourth-order valence-corrected chi connectivity index (χ4v) is 1.41. The Morgan fingerprint density at radius 2 is 2.40 bits per heavy atom. The van der Waals surface area contributed by atoms with Crippen LogP contribution in [0.5, 0.6) is 0 Å². The molecule has 0 aromatic carbocycles. The molecule has 53 valence electrons. The molecule has 1 heterocycles. The number of rotatable bonds is 0. The molecule has 0 atom stereocenters. The van der Waals surface area contributed by atoms with Gasteiger partial charge in [0.15, 0.2) is 0 Å². The van der Waals surface area contributed by atoms with Gasteiger partial charge in [0.2, 0.25) is 0 Å². The van der Waals surface area contributed by atoms with Crippen LogP contribution in [-0.2, 0) is 0 Å². The molecule has 1 N–H and O–H groups in total. The number of nitrogens with one attached hydrogen (secondary N) is 1. The third-order valence-corrected chi connectivity index (χ3v) is 1.96. The van der Waals surface area contributed by atoms with Crippen molar-refractivity contribution in [3.8, 4) is 0 Å². The Balaban J connectivity index is 2.25. The van der Waals surface area contributed by atoms with Crippen LogP contribution in [-0.4, -0.2) is 6.54 Å². The highest BCUT2D eigenvalue weighted by molar-refractivity contribution is 5.32. The molecule has 0 aromatic heterocycles. The van der Waals surface area contributed by atoms with E-state index in [-0.39, 0.29) is 0 Å². The van der Waals surface area contributed by atoms with Crippen molar-refractivity contribution in [2.75, 3.05) is 6.54 Å². The summed E-state index contributed by atoms with van der Waals surface area (Å²) in [5.41, 5.74) is 9.77. The first-order valence-corrected chi connectivity index (χ1v) is 3.80. The van der Waals surface area contributed by atoms with Crippen molar-refractivity contribution in [1.29, 1.82) is 0 Å². The summed E-state index contributed by atoms with van der Waals surface area (Å²) in [6, 6.07) is 0. The number of hydrogen-bond acceptors (Lipinski definition) is 1. The summed E-state index contributed by atoms with van der Waals surface area (Å²) in [4.78, 5) is 0. The lowest BCUT2D eigenvalue weighted by Crippen LogP contribution is -2.30. The highest BCUT2D eigenvalue weighted by atomic mass is 15.4. The molecule has 2 heteroatoms. The van der Waals surface area contributed by atoms with Crippen LogP contribution in [0.2, 0.25) is 0 Å². The maximum absolute atomic E-state index is 4.19. The van der Waals surface area contributed by atoms with Gasteiger partial charge < -0.3 is 0 Å². The monoisotopic (exact) mass is 135 g/mol. The summed E-state index contributed by atoms with van der Waals surface area (Å²) >= 11 is 0. The molecule has 2 rings (SSSR count). The van der Waals surface area contributed by atoms with Crippen LogP contribution in [0.15, 0.2) is 23.4 Å². The van der Waals surface area contributed by atoms with E-state index < -0.39 is 0 Å². The van der Waals surface area contributed by atoms with Gasteiger partial charge in [-0.1, -0.05) is 12.2 Å². The average Bonchev–Trinajstić information content (AvgIpc) is 2.05. The molecule has 0 amide bonds. The average molecular weight is 135 g/mol. The lowest BCUT2D eigenvalue weighted by molar-refractivity contribution is 0.588. The lowest BCUT2D eigenvalue weighted by Gasteiger charge is -2.20. The van der Waals surface area contributed by atoms with Crippen LogP contribution in [0.4, 0.5) is 0 Å². The smallest absolute Gasteiger partial charge is 0.0763 e. The molecule has 1 aliphatic carbocycles. The van der Waals surface area contributed by atoms with Crippen molar-refractivity contribution >= 4 is 0 Å². The predicted octanol–water partition coefficient (Wildman–Crippen LogP) is 1.10. The van der Waals surface area contributed by atoms with Crippen molar-refractivity contribution in [2.24, 2.45) is 0 Å². The maximum Gasteiger partial charge on any atom is 0.0763 e. The van der Waals surface area contributed by atoms with Crippen molar-refractivity contribution in [2.45, 2.75) is 19.3 Å². The number of fused-ring (bicyclic) bond motifs is 1. The van der Waals surface area contributed by atoms with Crippen LogP contribution >= 0.6 is 0 Å². The molecule has 0 spiro atoms. The Bertz CT molecular complexity index is 169. The number of hydrogen-bond donors (Lipinski definition) is 1. The Morgan fingerprint density at radius 1 is 1.40 bits per heavy atom. The van der Waals surface area contributed by atoms with E-state index in [1.54, 1.807) is 0 Å². The second-order valence-electron chi connectivity index (χ2n) is 2.68. The molecular formula is C8H11N2. The van der Waals surface area contributed by atoms with Gasteiger partial charge in [-0.15, -0.1) is 0 Å². The summed E-state index contributed by atoms with van der Waals surface area (Å²) in [6.07, 6.45) is 8.15. The van der Waals surface area contributed by atoms with E-state index >= 15 is 0 Å². The molecule has 2 nitrogen and oxygen atoms in total. The Kier molecular flexibility index (Phi) is 1.47. The SMILES string of the molecule is C1=C2CCCC=C2[N]NC1. The van der Waals surface area contributed by atoms with Crippen LogP contribution < -0.4 is 10.9 Å². The Labute approximate surface area is 61.0 Å². The van der Waals surface area contributed by atoms with Crippen molar-refractivity contribution in [1.82, 2.24) is 10.9 Å². The van der Waals surface area contributed by atoms with Gasteiger partial charge in [0.05, 0.1) is 5.70 Å². The summed E-state index contributed by atoms with van der Waals surface area (Å²) in [6.45, 7) is 0.909. The van der Waals surface area contributed by atoms with Gasteiger partial charge in [-0.05, 0) is 24.8 Å². The van der Waals surface area contributed by atoms with Gasteiger partial charge in [-0.3, -0.25) is 0 Å². The normalized spacial score (nSPS) is 24.0. The molecule has 0 bridgehead atoms. The first-order chi connectivity index (χ1) is 4.97. The van der Waals surface area contributed by atoms with E-state index in [0.29, 0.717) is 0 Å². The zero-order valence-corrected chi connectivity index (χ0v) is 5.93. The molecule has 0 saturated carbocycles. The topological polar surface area (TPSA) is 26.1 Å². The predicted molar refractivity (Wildman–Crippen MR) is 40.2 cm³/mol. The van der Waals surface area contributed by atoms with Crippen LogP contribution in [0, 0.1) is 0 Å². The zero-order chi connectivity index (χ0) is 6.81. The minimum atomic E-state index is 0.909. The molecule has 2 aliphatic rings. The third kappa shape index (κ3) is 0.948. The molecule has 0 aromatic rings. The summed E-state index contributed by atoms with van der Waals surface area (Å²) < 4.78 is 0. The number of allylic oxidation sites excluding steroid dienone is 2. The third-order valence-electron chi connectivity index (χ3n) is 1.96. The van der Waals surface area contributed by atoms with Gasteiger partial charge in [0.1, 0.15) is 0 Å². The summed E-state index contributed by atoms with van der Waals surface area (Å²) in [5.74, 6) is 0. The first kappa shape index (κ1) is 5.98. The maximum atomic E-state index is 4.19. The molecule has 0 saturated heterocycles. The molecule has 10 heavy (non-hydrogen) atoms. The quantitative estimate of drug-likeness (QED) is 0.529. The first-order valence-electron chi connectivity index (χ1n) is 3.80. The molecular weight excluding hydrogens is 124 g/mol. The van der Waals surface area contributed by atoms with Crippen LogP contribution in [0.25, 0.3) is 0 Å². The standard InChI is InChI=1S/C8H11N2/c1-2-4-8-7(3-1)5-6-9-10-8/h4-5,9H,1-3,6H2. The van der Waals surface area contributed by atoms with Crippen molar-refractivity contribution < 1.29 is 0 Å². The van der Waals surface area contributed by atoms with E-state index in [1.807, 2.05) is 0 Å².